The molecule has 0 spiro atoms. The predicted molar refractivity (Wildman–Crippen MR) is 69.2 cm³/mol. The van der Waals surface area contributed by atoms with E-state index in [9.17, 15) is 5.11 Å². The Hall–Kier alpha value is -0.280. The number of hydrogen-bond donors (Lipinski definition) is 1. The smallest absolute Gasteiger partial charge is 0.0667 e. The topological polar surface area (TPSA) is 23.5 Å². The van der Waals surface area contributed by atoms with Gasteiger partial charge in [0.25, 0.3) is 0 Å². The third-order valence-electron chi connectivity index (χ3n) is 2.83. The summed E-state index contributed by atoms with van der Waals surface area (Å²) < 4.78 is 0. The van der Waals surface area contributed by atoms with E-state index in [-0.39, 0.29) is 18.5 Å². The average molecular weight is 262 g/mol. The summed E-state index contributed by atoms with van der Waals surface area (Å²) in [6.45, 7) is 2.67. The molecule has 16 heavy (non-hydrogen) atoms. The minimum absolute atomic E-state index is 0. The summed E-state index contributed by atoms with van der Waals surface area (Å²) in [4.78, 5) is 2.26. The monoisotopic (exact) mass is 261 g/mol. The fraction of sp³-hybridized carbons (Fsp3) is 0.500. The van der Waals surface area contributed by atoms with Gasteiger partial charge in [0.1, 0.15) is 0 Å². The Bertz CT molecular complexity index is 333. The zero-order valence-corrected chi connectivity index (χ0v) is 10.7. The number of aliphatic hydroxyl groups excluding tert-OH is 1. The van der Waals surface area contributed by atoms with Crippen molar-refractivity contribution in [1.29, 1.82) is 0 Å². The highest BCUT2D eigenvalue weighted by Gasteiger charge is 2.17. The lowest BCUT2D eigenvalue weighted by Gasteiger charge is -2.30. The molecule has 4 heteroatoms. The van der Waals surface area contributed by atoms with E-state index in [1.165, 1.54) is 0 Å². The molecular weight excluding hydrogens is 245 g/mol. The van der Waals surface area contributed by atoms with Crippen molar-refractivity contribution in [2.24, 2.45) is 0 Å². The van der Waals surface area contributed by atoms with Gasteiger partial charge in [0, 0.05) is 18.1 Å². The van der Waals surface area contributed by atoms with Crippen LogP contribution < -0.4 is 0 Å². The maximum absolute atomic E-state index is 9.55. The second-order valence-electron chi connectivity index (χ2n) is 4.12. The van der Waals surface area contributed by atoms with Crippen molar-refractivity contribution in [3.8, 4) is 0 Å². The Balaban J connectivity index is 0.00000128. The standard InChI is InChI=1S/C12H16ClNO.ClH/c13-12-6-2-1-4-10(12)8-14-7-3-5-11(15)9-14;/h1-2,4,6,11,15H,3,5,7-9H2;1H. The Morgan fingerprint density at radius 2 is 2.12 bits per heavy atom. The normalized spacial score (nSPS) is 21.5. The number of likely N-dealkylation sites (tertiary alicyclic amines) is 1. The highest BCUT2D eigenvalue weighted by Crippen LogP contribution is 2.19. The van der Waals surface area contributed by atoms with E-state index >= 15 is 0 Å². The lowest BCUT2D eigenvalue weighted by Crippen LogP contribution is -2.37. The van der Waals surface area contributed by atoms with Crippen LogP contribution in [0.4, 0.5) is 0 Å². The van der Waals surface area contributed by atoms with Crippen LogP contribution in [0.1, 0.15) is 18.4 Å². The molecule has 1 aliphatic rings. The van der Waals surface area contributed by atoms with Gasteiger partial charge in [0.15, 0.2) is 0 Å². The Morgan fingerprint density at radius 3 is 2.81 bits per heavy atom. The number of nitrogens with zero attached hydrogens (tertiary/aromatic N) is 1. The van der Waals surface area contributed by atoms with E-state index in [0.29, 0.717) is 0 Å². The first-order valence-corrected chi connectivity index (χ1v) is 5.77. The van der Waals surface area contributed by atoms with Gasteiger partial charge in [-0.15, -0.1) is 12.4 Å². The molecule has 1 fully saturated rings. The van der Waals surface area contributed by atoms with Crippen molar-refractivity contribution in [3.63, 3.8) is 0 Å². The summed E-state index contributed by atoms with van der Waals surface area (Å²) in [5.74, 6) is 0. The molecule has 1 aromatic rings. The molecule has 0 aromatic heterocycles. The van der Waals surface area contributed by atoms with Crippen LogP contribution in [0.3, 0.4) is 0 Å². The van der Waals surface area contributed by atoms with Crippen LogP contribution in [0.5, 0.6) is 0 Å². The Labute approximate surface area is 108 Å². The molecule has 0 aliphatic carbocycles. The fourth-order valence-corrected chi connectivity index (χ4v) is 2.24. The first-order valence-electron chi connectivity index (χ1n) is 5.39. The average Bonchev–Trinajstić information content (AvgIpc) is 2.22. The zero-order chi connectivity index (χ0) is 10.7. The molecule has 2 nitrogen and oxygen atoms in total. The van der Waals surface area contributed by atoms with E-state index in [2.05, 4.69) is 4.90 Å². The number of β-amino-alcohol motifs (C(OH)–C–C–N with tert-alkyl or cyclic N) is 1. The zero-order valence-electron chi connectivity index (χ0n) is 9.10. The first kappa shape index (κ1) is 13.8. The highest BCUT2D eigenvalue weighted by molar-refractivity contribution is 6.31. The van der Waals surface area contributed by atoms with Gasteiger partial charge in [0.2, 0.25) is 0 Å². The molecule has 1 heterocycles. The van der Waals surface area contributed by atoms with Crippen LogP contribution in [-0.2, 0) is 6.54 Å². The molecule has 1 atom stereocenters. The predicted octanol–water partition coefficient (Wildman–Crippen LogP) is 2.72. The molecule has 1 N–H and O–H groups in total. The van der Waals surface area contributed by atoms with Crippen LogP contribution in [0.2, 0.25) is 5.02 Å². The molecule has 2 rings (SSSR count). The van der Waals surface area contributed by atoms with E-state index in [1.807, 2.05) is 24.3 Å². The SMILES string of the molecule is Cl.OC1CCCN(Cc2ccccc2Cl)C1. The van der Waals surface area contributed by atoms with E-state index in [4.69, 9.17) is 11.6 Å². The van der Waals surface area contributed by atoms with Gasteiger partial charge in [-0.2, -0.15) is 0 Å². The summed E-state index contributed by atoms with van der Waals surface area (Å²) in [6.07, 6.45) is 1.84. The van der Waals surface area contributed by atoms with Crippen molar-refractivity contribution in [2.45, 2.75) is 25.5 Å². The van der Waals surface area contributed by atoms with Gasteiger partial charge in [-0.05, 0) is 31.0 Å². The van der Waals surface area contributed by atoms with Crippen LogP contribution in [-0.4, -0.2) is 29.2 Å². The van der Waals surface area contributed by atoms with Crippen LogP contribution in [0.25, 0.3) is 0 Å². The van der Waals surface area contributed by atoms with Gasteiger partial charge >= 0.3 is 0 Å². The molecular formula is C12H17Cl2NO. The molecule has 0 amide bonds. The second-order valence-corrected chi connectivity index (χ2v) is 4.53. The van der Waals surface area contributed by atoms with Crippen LogP contribution in [0.15, 0.2) is 24.3 Å². The minimum Gasteiger partial charge on any atom is -0.392 e. The first-order chi connectivity index (χ1) is 7.25. The van der Waals surface area contributed by atoms with Crippen molar-refractivity contribution in [1.82, 2.24) is 4.90 Å². The van der Waals surface area contributed by atoms with E-state index in [0.717, 1.165) is 43.1 Å². The number of hydrogen-bond acceptors (Lipinski definition) is 2. The third kappa shape index (κ3) is 3.63. The Morgan fingerprint density at radius 1 is 1.38 bits per heavy atom. The summed E-state index contributed by atoms with van der Waals surface area (Å²) in [5.41, 5.74) is 1.15. The van der Waals surface area contributed by atoms with Crippen molar-refractivity contribution in [3.05, 3.63) is 34.9 Å². The number of halogens is 2. The molecule has 1 saturated heterocycles. The molecule has 0 radical (unpaired) electrons. The lowest BCUT2D eigenvalue weighted by atomic mass is 10.1. The molecule has 0 saturated carbocycles. The molecule has 1 unspecified atom stereocenters. The van der Waals surface area contributed by atoms with Gasteiger partial charge in [-0.25, -0.2) is 0 Å². The van der Waals surface area contributed by atoms with Gasteiger partial charge in [-0.1, -0.05) is 29.8 Å². The number of rotatable bonds is 2. The molecule has 0 bridgehead atoms. The van der Waals surface area contributed by atoms with Gasteiger partial charge in [0.05, 0.1) is 6.10 Å². The fourth-order valence-electron chi connectivity index (χ4n) is 2.04. The third-order valence-corrected chi connectivity index (χ3v) is 3.20. The molecule has 1 aliphatic heterocycles. The maximum Gasteiger partial charge on any atom is 0.0667 e. The number of benzene rings is 1. The number of piperidine rings is 1. The summed E-state index contributed by atoms with van der Waals surface area (Å²) >= 11 is 6.09. The van der Waals surface area contributed by atoms with E-state index in [1.54, 1.807) is 0 Å². The van der Waals surface area contributed by atoms with Gasteiger partial charge in [-0.3, -0.25) is 4.90 Å². The minimum atomic E-state index is -0.166. The molecule has 1 aromatic carbocycles. The van der Waals surface area contributed by atoms with E-state index < -0.39 is 0 Å². The van der Waals surface area contributed by atoms with Crippen molar-refractivity contribution >= 4 is 24.0 Å². The second kappa shape index (κ2) is 6.45. The highest BCUT2D eigenvalue weighted by atomic mass is 35.5. The van der Waals surface area contributed by atoms with Crippen LogP contribution in [0, 0.1) is 0 Å². The Kier molecular flexibility index (Phi) is 5.56. The van der Waals surface area contributed by atoms with Crippen molar-refractivity contribution < 1.29 is 5.11 Å². The summed E-state index contributed by atoms with van der Waals surface area (Å²) in [7, 11) is 0. The lowest BCUT2D eigenvalue weighted by molar-refractivity contribution is 0.0668. The molecule has 90 valence electrons. The summed E-state index contributed by atoms with van der Waals surface area (Å²) in [6, 6.07) is 7.90. The number of aliphatic hydroxyl groups is 1. The van der Waals surface area contributed by atoms with Crippen molar-refractivity contribution in [2.75, 3.05) is 13.1 Å². The largest absolute Gasteiger partial charge is 0.392 e. The van der Waals surface area contributed by atoms with Crippen LogP contribution >= 0.6 is 24.0 Å². The quantitative estimate of drug-likeness (QED) is 0.885. The maximum atomic E-state index is 9.55. The summed E-state index contributed by atoms with van der Waals surface area (Å²) in [5, 5.41) is 10.4. The van der Waals surface area contributed by atoms with Gasteiger partial charge < -0.3 is 5.11 Å².